The number of nitrogens with one attached hydrogen (secondary N) is 2. The largest absolute Gasteiger partial charge is 0.493 e. The van der Waals surface area contributed by atoms with Crippen molar-refractivity contribution >= 4 is 11.6 Å². The van der Waals surface area contributed by atoms with Crippen molar-refractivity contribution in [1.29, 1.82) is 0 Å². The molecule has 0 aliphatic carbocycles. The number of hydrogen-bond acceptors (Lipinski definition) is 7. The van der Waals surface area contributed by atoms with E-state index >= 15 is 0 Å². The Bertz CT molecular complexity index is 1070. The lowest BCUT2D eigenvalue weighted by Gasteiger charge is -2.26. The first-order valence-corrected chi connectivity index (χ1v) is 11.1. The fourth-order valence-corrected chi connectivity index (χ4v) is 3.32. The SMILES string of the molecule is CCCC/C=C/CCOc1ccc(C(=O)Nc2cccc3c2OC(c2nn[nH]n2)CO3)cc1. The van der Waals surface area contributed by atoms with E-state index in [0.717, 1.165) is 18.6 Å². The fraction of sp³-hybridized carbons (Fsp3) is 0.333. The van der Waals surface area contributed by atoms with Crippen LogP contribution in [0.5, 0.6) is 17.2 Å². The number of aromatic amines is 1. The minimum absolute atomic E-state index is 0.250. The molecule has 1 amide bonds. The standard InChI is InChI=1S/C24H27N5O4/c1-2-3-4-5-6-7-15-31-18-13-11-17(12-14-18)24(30)25-19-9-8-10-20-22(19)33-21(16-32-20)23-26-28-29-27-23/h5-6,8-14,21H,2-4,7,15-16H2,1H3,(H,25,30)(H,26,27,28,29)/b6-5+. The molecule has 1 aromatic heterocycles. The Morgan fingerprint density at radius 1 is 1.21 bits per heavy atom. The van der Waals surface area contributed by atoms with Crippen LogP contribution in [0, 0.1) is 0 Å². The number of hydrogen-bond donors (Lipinski definition) is 2. The first-order valence-electron chi connectivity index (χ1n) is 11.1. The molecule has 0 bridgehead atoms. The van der Waals surface area contributed by atoms with Gasteiger partial charge < -0.3 is 19.5 Å². The summed E-state index contributed by atoms with van der Waals surface area (Å²) in [5.74, 6) is 1.82. The third kappa shape index (κ3) is 5.88. The number of aromatic nitrogens is 4. The normalized spacial score (nSPS) is 14.9. The number of anilines is 1. The lowest BCUT2D eigenvalue weighted by molar-refractivity contribution is 0.0856. The lowest BCUT2D eigenvalue weighted by Crippen LogP contribution is -2.24. The van der Waals surface area contributed by atoms with Crippen molar-refractivity contribution in [2.75, 3.05) is 18.5 Å². The first kappa shape index (κ1) is 22.3. The summed E-state index contributed by atoms with van der Waals surface area (Å²) in [6, 6.07) is 12.4. The number of H-pyrrole nitrogens is 1. The van der Waals surface area contributed by atoms with Gasteiger partial charge in [-0.25, -0.2) is 0 Å². The topological polar surface area (TPSA) is 111 Å². The number of para-hydroxylation sites is 1. The highest BCUT2D eigenvalue weighted by Crippen LogP contribution is 2.41. The van der Waals surface area contributed by atoms with E-state index in [1.807, 2.05) is 0 Å². The van der Waals surface area contributed by atoms with Gasteiger partial charge in [0.05, 0.1) is 12.3 Å². The monoisotopic (exact) mass is 449 g/mol. The molecule has 0 saturated heterocycles. The summed E-state index contributed by atoms with van der Waals surface area (Å²) in [4.78, 5) is 12.8. The van der Waals surface area contributed by atoms with Crippen LogP contribution in [0.2, 0.25) is 0 Å². The second kappa shape index (κ2) is 11.1. The minimum Gasteiger partial charge on any atom is -0.493 e. The van der Waals surface area contributed by atoms with Crippen LogP contribution in [0.3, 0.4) is 0 Å². The molecular formula is C24H27N5O4. The Kier molecular flexibility index (Phi) is 7.52. The minimum atomic E-state index is -0.521. The number of carbonyl (C=O) groups is 1. The molecule has 9 heteroatoms. The van der Waals surface area contributed by atoms with E-state index in [1.165, 1.54) is 12.8 Å². The second-order valence-electron chi connectivity index (χ2n) is 7.55. The molecule has 33 heavy (non-hydrogen) atoms. The van der Waals surface area contributed by atoms with Crippen LogP contribution in [-0.4, -0.2) is 39.7 Å². The van der Waals surface area contributed by atoms with E-state index in [4.69, 9.17) is 14.2 Å². The molecule has 172 valence electrons. The number of ether oxygens (including phenoxy) is 3. The number of allylic oxidation sites excluding steroid dienone is 1. The molecule has 2 N–H and O–H groups in total. The van der Waals surface area contributed by atoms with E-state index in [-0.39, 0.29) is 12.5 Å². The predicted molar refractivity (Wildman–Crippen MR) is 123 cm³/mol. The Labute approximate surface area is 192 Å². The summed E-state index contributed by atoms with van der Waals surface area (Å²) < 4.78 is 17.5. The Morgan fingerprint density at radius 2 is 2.06 bits per heavy atom. The number of unbranched alkanes of at least 4 members (excludes halogenated alkanes) is 2. The highest BCUT2D eigenvalue weighted by atomic mass is 16.6. The van der Waals surface area contributed by atoms with Crippen LogP contribution in [-0.2, 0) is 0 Å². The van der Waals surface area contributed by atoms with Gasteiger partial charge in [-0.1, -0.05) is 43.2 Å². The van der Waals surface area contributed by atoms with Crippen molar-refractivity contribution in [3.05, 3.63) is 66.0 Å². The number of amides is 1. The van der Waals surface area contributed by atoms with Gasteiger partial charge in [0.15, 0.2) is 17.6 Å². The quantitative estimate of drug-likeness (QED) is 0.347. The average molecular weight is 450 g/mol. The molecule has 0 saturated carbocycles. The maximum atomic E-state index is 12.8. The fourth-order valence-electron chi connectivity index (χ4n) is 3.32. The van der Waals surface area contributed by atoms with Crippen molar-refractivity contribution in [3.8, 4) is 17.2 Å². The van der Waals surface area contributed by atoms with Crippen molar-refractivity contribution in [2.45, 2.75) is 38.7 Å². The number of carbonyl (C=O) groups excluding carboxylic acids is 1. The summed E-state index contributed by atoms with van der Waals surface area (Å²) in [6.07, 6.45) is 8.21. The Hall–Kier alpha value is -3.88. The van der Waals surface area contributed by atoms with Gasteiger partial charge in [-0.2, -0.15) is 5.21 Å². The zero-order valence-corrected chi connectivity index (χ0v) is 18.5. The Morgan fingerprint density at radius 3 is 2.85 bits per heavy atom. The molecule has 4 rings (SSSR count). The zero-order chi connectivity index (χ0) is 22.9. The number of nitrogens with zero attached hydrogens (tertiary/aromatic N) is 3. The summed E-state index contributed by atoms with van der Waals surface area (Å²) in [7, 11) is 0. The Balaban J connectivity index is 1.34. The maximum absolute atomic E-state index is 12.8. The van der Waals surface area contributed by atoms with E-state index in [1.54, 1.807) is 42.5 Å². The van der Waals surface area contributed by atoms with Gasteiger partial charge in [-0.3, -0.25) is 4.79 Å². The molecule has 0 radical (unpaired) electrons. The predicted octanol–water partition coefficient (Wildman–Crippen LogP) is 4.48. The van der Waals surface area contributed by atoms with Crippen LogP contribution >= 0.6 is 0 Å². The lowest BCUT2D eigenvalue weighted by atomic mass is 10.2. The number of benzene rings is 2. The van der Waals surface area contributed by atoms with Crippen molar-refractivity contribution in [3.63, 3.8) is 0 Å². The molecule has 2 aromatic carbocycles. The molecule has 9 nitrogen and oxygen atoms in total. The van der Waals surface area contributed by atoms with E-state index in [0.29, 0.717) is 35.2 Å². The summed E-state index contributed by atoms with van der Waals surface area (Å²) in [6.45, 7) is 3.04. The first-order chi connectivity index (χ1) is 16.2. The van der Waals surface area contributed by atoms with Gasteiger partial charge in [0.25, 0.3) is 5.91 Å². The molecule has 2 heterocycles. The van der Waals surface area contributed by atoms with Crippen LogP contribution in [0.4, 0.5) is 5.69 Å². The molecule has 1 atom stereocenters. The smallest absolute Gasteiger partial charge is 0.255 e. The highest BCUT2D eigenvalue weighted by molar-refractivity contribution is 6.05. The van der Waals surface area contributed by atoms with Gasteiger partial charge in [0, 0.05) is 5.56 Å². The molecule has 1 aliphatic heterocycles. The van der Waals surface area contributed by atoms with E-state index < -0.39 is 6.10 Å². The average Bonchev–Trinajstić information content (AvgIpc) is 3.39. The van der Waals surface area contributed by atoms with E-state index in [9.17, 15) is 4.79 Å². The summed E-state index contributed by atoms with van der Waals surface area (Å²) >= 11 is 0. The second-order valence-corrected chi connectivity index (χ2v) is 7.55. The molecule has 0 spiro atoms. The van der Waals surface area contributed by atoms with Gasteiger partial charge in [0.2, 0.25) is 5.82 Å². The van der Waals surface area contributed by atoms with Crippen LogP contribution in [0.1, 0.15) is 54.9 Å². The van der Waals surface area contributed by atoms with Crippen LogP contribution < -0.4 is 19.5 Å². The number of tetrazole rings is 1. The van der Waals surface area contributed by atoms with Crippen LogP contribution in [0.25, 0.3) is 0 Å². The number of rotatable bonds is 10. The maximum Gasteiger partial charge on any atom is 0.255 e. The highest BCUT2D eigenvalue weighted by Gasteiger charge is 2.28. The summed E-state index contributed by atoms with van der Waals surface area (Å²) in [5.41, 5.74) is 1.01. The van der Waals surface area contributed by atoms with Gasteiger partial charge in [-0.05, 0) is 49.2 Å². The number of fused-ring (bicyclic) bond motifs is 1. The van der Waals surface area contributed by atoms with Crippen molar-refractivity contribution < 1.29 is 19.0 Å². The van der Waals surface area contributed by atoms with Crippen molar-refractivity contribution in [2.24, 2.45) is 0 Å². The van der Waals surface area contributed by atoms with E-state index in [2.05, 4.69) is 45.0 Å². The van der Waals surface area contributed by atoms with Gasteiger partial charge in [-0.15, -0.1) is 10.2 Å². The van der Waals surface area contributed by atoms with Gasteiger partial charge in [0.1, 0.15) is 12.4 Å². The molecular weight excluding hydrogens is 422 g/mol. The third-order valence-corrected chi connectivity index (χ3v) is 5.09. The molecule has 1 aliphatic rings. The van der Waals surface area contributed by atoms with Crippen molar-refractivity contribution in [1.82, 2.24) is 20.6 Å². The molecule has 0 fully saturated rings. The van der Waals surface area contributed by atoms with Gasteiger partial charge >= 0.3 is 0 Å². The zero-order valence-electron chi connectivity index (χ0n) is 18.5. The molecule has 3 aromatic rings. The third-order valence-electron chi connectivity index (χ3n) is 5.09. The summed E-state index contributed by atoms with van der Waals surface area (Å²) in [5, 5.41) is 16.7. The van der Waals surface area contributed by atoms with Crippen LogP contribution in [0.15, 0.2) is 54.6 Å². The molecule has 1 unspecified atom stereocenters.